The fourth-order valence-electron chi connectivity index (χ4n) is 1.34. The van der Waals surface area contributed by atoms with E-state index in [0.717, 1.165) is 9.95 Å². The molecule has 0 saturated heterocycles. The van der Waals surface area contributed by atoms with Gasteiger partial charge in [-0.25, -0.2) is 0 Å². The molecule has 0 bridgehead atoms. The fourth-order valence-corrected chi connectivity index (χ4v) is 1.34. The third-order valence-electron chi connectivity index (χ3n) is 1.96. The van der Waals surface area contributed by atoms with Crippen LogP contribution in [0.1, 0.15) is 6.55 Å². The van der Waals surface area contributed by atoms with E-state index in [2.05, 4.69) is 0 Å². The van der Waals surface area contributed by atoms with E-state index in [-0.39, 0.29) is 0 Å². The molecular weight excluding hydrogens is 174 g/mol. The molecule has 2 nitrogen and oxygen atoms in total. The van der Waals surface area contributed by atoms with Gasteiger partial charge >= 0.3 is 6.55 Å². The Bertz CT molecular complexity index is 434. The molecule has 0 atom stereocenters. The first-order valence-electron chi connectivity index (χ1n) is 3.83. The Balaban J connectivity index is 2.71. The second-order valence-electron chi connectivity index (χ2n) is 2.82. The van der Waals surface area contributed by atoms with Crippen molar-refractivity contribution < 1.29 is 8.78 Å². The SMILES string of the molecule is Nc1ccc2ccn(C(F)F)c2c1. The van der Waals surface area contributed by atoms with Crippen LogP contribution in [0.5, 0.6) is 0 Å². The molecule has 0 radical (unpaired) electrons. The Labute approximate surface area is 73.6 Å². The minimum atomic E-state index is -2.51. The number of fused-ring (bicyclic) bond motifs is 1. The maximum absolute atomic E-state index is 12.4. The number of nitrogen functional groups attached to an aromatic ring is 1. The number of rotatable bonds is 1. The maximum atomic E-state index is 12.4. The Kier molecular flexibility index (Phi) is 1.69. The molecule has 0 saturated carbocycles. The van der Waals surface area contributed by atoms with Gasteiger partial charge in [-0.3, -0.25) is 4.57 Å². The summed E-state index contributed by atoms with van der Waals surface area (Å²) in [4.78, 5) is 0. The van der Waals surface area contributed by atoms with Crippen molar-refractivity contribution in [1.82, 2.24) is 4.57 Å². The highest BCUT2D eigenvalue weighted by atomic mass is 19.3. The molecule has 0 aliphatic carbocycles. The van der Waals surface area contributed by atoms with Crippen molar-refractivity contribution >= 4 is 16.6 Å². The first kappa shape index (κ1) is 8.04. The average Bonchev–Trinajstić information content (AvgIpc) is 2.46. The van der Waals surface area contributed by atoms with Crippen molar-refractivity contribution in [3.63, 3.8) is 0 Å². The van der Waals surface area contributed by atoms with Gasteiger partial charge in [0.25, 0.3) is 0 Å². The van der Waals surface area contributed by atoms with Crippen LogP contribution in [0.15, 0.2) is 30.5 Å². The lowest BCUT2D eigenvalue weighted by molar-refractivity contribution is 0.0752. The van der Waals surface area contributed by atoms with E-state index in [4.69, 9.17) is 5.73 Å². The number of benzene rings is 1. The smallest absolute Gasteiger partial charge is 0.319 e. The Morgan fingerprint density at radius 3 is 2.69 bits per heavy atom. The number of aromatic nitrogens is 1. The van der Waals surface area contributed by atoms with Gasteiger partial charge < -0.3 is 5.73 Å². The van der Waals surface area contributed by atoms with Gasteiger partial charge in [0.1, 0.15) is 0 Å². The Morgan fingerprint density at radius 1 is 1.23 bits per heavy atom. The van der Waals surface area contributed by atoms with E-state index in [0.29, 0.717) is 11.2 Å². The van der Waals surface area contributed by atoms with Crippen molar-refractivity contribution in [1.29, 1.82) is 0 Å². The van der Waals surface area contributed by atoms with Crippen molar-refractivity contribution in [2.75, 3.05) is 5.73 Å². The minimum Gasteiger partial charge on any atom is -0.399 e. The van der Waals surface area contributed by atoms with Crippen molar-refractivity contribution in [3.05, 3.63) is 30.5 Å². The highest BCUT2D eigenvalue weighted by Crippen LogP contribution is 2.23. The molecule has 68 valence electrons. The van der Waals surface area contributed by atoms with Crippen LogP contribution >= 0.6 is 0 Å². The molecule has 2 N–H and O–H groups in total. The number of hydrogen-bond acceptors (Lipinski definition) is 1. The third kappa shape index (κ3) is 1.24. The fraction of sp³-hybridized carbons (Fsp3) is 0.111. The molecule has 0 aliphatic heterocycles. The van der Waals surface area contributed by atoms with Crippen LogP contribution < -0.4 is 5.73 Å². The van der Waals surface area contributed by atoms with Crippen molar-refractivity contribution in [3.8, 4) is 0 Å². The quantitative estimate of drug-likeness (QED) is 0.675. The summed E-state index contributed by atoms with van der Waals surface area (Å²) in [5, 5.41) is 0.773. The highest BCUT2D eigenvalue weighted by Gasteiger charge is 2.08. The number of halogens is 2. The zero-order valence-corrected chi connectivity index (χ0v) is 6.74. The zero-order chi connectivity index (χ0) is 9.42. The predicted octanol–water partition coefficient (Wildman–Crippen LogP) is 2.62. The largest absolute Gasteiger partial charge is 0.399 e. The van der Waals surface area contributed by atoms with Crippen molar-refractivity contribution in [2.45, 2.75) is 6.55 Å². The van der Waals surface area contributed by atoms with Gasteiger partial charge in [-0.15, -0.1) is 0 Å². The van der Waals surface area contributed by atoms with Gasteiger partial charge in [0.15, 0.2) is 0 Å². The van der Waals surface area contributed by atoms with E-state index in [1.54, 1.807) is 24.3 Å². The third-order valence-corrected chi connectivity index (χ3v) is 1.96. The van der Waals surface area contributed by atoms with E-state index >= 15 is 0 Å². The van der Waals surface area contributed by atoms with Crippen LogP contribution in [-0.2, 0) is 0 Å². The van der Waals surface area contributed by atoms with Gasteiger partial charge in [-0.05, 0) is 23.6 Å². The van der Waals surface area contributed by atoms with Crippen LogP contribution in [0.3, 0.4) is 0 Å². The van der Waals surface area contributed by atoms with E-state index < -0.39 is 6.55 Å². The minimum absolute atomic E-state index is 0.468. The van der Waals surface area contributed by atoms with Crippen LogP contribution in [-0.4, -0.2) is 4.57 Å². The Hall–Kier alpha value is -1.58. The summed E-state index contributed by atoms with van der Waals surface area (Å²) in [7, 11) is 0. The lowest BCUT2D eigenvalue weighted by Crippen LogP contribution is -1.95. The number of alkyl halides is 2. The number of nitrogens with two attached hydrogens (primary N) is 1. The molecule has 2 aromatic rings. The summed E-state index contributed by atoms with van der Waals surface area (Å²) in [5.41, 5.74) is 6.46. The van der Waals surface area contributed by atoms with Crippen LogP contribution in [0.2, 0.25) is 0 Å². The van der Waals surface area contributed by atoms with Gasteiger partial charge in [0, 0.05) is 11.9 Å². The molecule has 0 spiro atoms. The second-order valence-corrected chi connectivity index (χ2v) is 2.82. The predicted molar refractivity (Wildman–Crippen MR) is 47.6 cm³/mol. The summed E-state index contributed by atoms with van der Waals surface area (Å²) >= 11 is 0. The molecule has 0 aliphatic rings. The standard InChI is InChI=1S/C9H8F2N2/c10-9(11)13-4-3-6-1-2-7(12)5-8(6)13/h1-5,9H,12H2. The average molecular weight is 182 g/mol. The van der Waals surface area contributed by atoms with Gasteiger partial charge in [-0.2, -0.15) is 8.78 Å². The molecule has 1 aromatic heterocycles. The monoisotopic (exact) mass is 182 g/mol. The number of hydrogen-bond donors (Lipinski definition) is 1. The molecule has 1 heterocycles. The molecule has 13 heavy (non-hydrogen) atoms. The van der Waals surface area contributed by atoms with E-state index in [1.807, 2.05) is 0 Å². The highest BCUT2D eigenvalue weighted by molar-refractivity contribution is 5.83. The molecule has 0 fully saturated rings. The Morgan fingerprint density at radius 2 is 2.00 bits per heavy atom. The van der Waals surface area contributed by atoms with Crippen molar-refractivity contribution in [2.24, 2.45) is 0 Å². The van der Waals surface area contributed by atoms with Gasteiger partial charge in [-0.1, -0.05) is 6.07 Å². The first-order valence-corrected chi connectivity index (χ1v) is 3.83. The van der Waals surface area contributed by atoms with E-state index in [9.17, 15) is 8.78 Å². The molecule has 2 rings (SSSR count). The number of anilines is 1. The summed E-state index contributed by atoms with van der Waals surface area (Å²) in [5.74, 6) is 0. The van der Waals surface area contributed by atoms with Gasteiger partial charge in [0.2, 0.25) is 0 Å². The maximum Gasteiger partial charge on any atom is 0.319 e. The first-order chi connectivity index (χ1) is 6.18. The summed E-state index contributed by atoms with van der Waals surface area (Å²) < 4.78 is 25.7. The normalized spacial score (nSPS) is 11.3. The van der Waals surface area contributed by atoms with Crippen LogP contribution in [0.25, 0.3) is 10.9 Å². The zero-order valence-electron chi connectivity index (χ0n) is 6.74. The summed E-state index contributed by atoms with van der Waals surface area (Å²) in [6, 6.07) is 6.60. The second kappa shape index (κ2) is 2.73. The summed E-state index contributed by atoms with van der Waals surface area (Å²) in [6.45, 7) is -2.51. The molecular formula is C9H8F2N2. The summed E-state index contributed by atoms with van der Waals surface area (Å²) in [6.07, 6.45) is 1.36. The molecule has 0 unspecified atom stereocenters. The number of nitrogens with zero attached hydrogens (tertiary/aromatic N) is 1. The van der Waals surface area contributed by atoms with Gasteiger partial charge in [0.05, 0.1) is 5.52 Å². The van der Waals surface area contributed by atoms with Crippen LogP contribution in [0.4, 0.5) is 14.5 Å². The lowest BCUT2D eigenvalue weighted by atomic mass is 10.2. The van der Waals surface area contributed by atoms with Crippen LogP contribution in [0, 0.1) is 0 Å². The molecule has 4 heteroatoms. The lowest BCUT2D eigenvalue weighted by Gasteiger charge is -2.02. The molecule has 0 amide bonds. The molecule has 1 aromatic carbocycles. The van der Waals surface area contributed by atoms with E-state index in [1.165, 1.54) is 6.20 Å². The topological polar surface area (TPSA) is 30.9 Å².